The van der Waals surface area contributed by atoms with Gasteiger partial charge in [-0.15, -0.1) is 0 Å². The van der Waals surface area contributed by atoms with Gasteiger partial charge in [0.15, 0.2) is 0 Å². The molecule has 0 fully saturated rings. The van der Waals surface area contributed by atoms with E-state index in [1.54, 1.807) is 24.3 Å². The number of urea groups is 1. The Morgan fingerprint density at radius 2 is 1.72 bits per heavy atom. The van der Waals surface area contributed by atoms with E-state index in [1.807, 2.05) is 24.3 Å². The van der Waals surface area contributed by atoms with Crippen molar-refractivity contribution in [1.82, 2.24) is 10.6 Å². The van der Waals surface area contributed by atoms with Crippen molar-refractivity contribution >= 4 is 35.1 Å². The number of carbonyl (C=O) groups excluding carboxylic acids is 2. The van der Waals surface area contributed by atoms with Crippen LogP contribution in [0.5, 0.6) is 0 Å². The molecular weight excluding hydrogens is 361 g/mol. The van der Waals surface area contributed by atoms with Gasteiger partial charge in [-0.25, -0.2) is 4.79 Å². The molecule has 0 aliphatic rings. The zero-order valence-electron chi connectivity index (χ0n) is 13.5. The lowest BCUT2D eigenvalue weighted by Crippen LogP contribution is -2.37. The van der Waals surface area contributed by atoms with Gasteiger partial charge in [0.05, 0.1) is 12.5 Å². The number of nitrogens with one attached hydrogen (secondary N) is 2. The fourth-order valence-corrected chi connectivity index (χ4v) is 2.82. The lowest BCUT2D eigenvalue weighted by Gasteiger charge is -2.19. The highest BCUT2D eigenvalue weighted by Crippen LogP contribution is 2.25. The van der Waals surface area contributed by atoms with E-state index >= 15 is 0 Å². The van der Waals surface area contributed by atoms with Crippen molar-refractivity contribution in [2.45, 2.75) is 18.9 Å². The second-order valence-electron chi connectivity index (χ2n) is 5.51. The first kappa shape index (κ1) is 19.1. The summed E-state index contributed by atoms with van der Waals surface area (Å²) in [5.41, 5.74) is 6.93. The van der Waals surface area contributed by atoms with Crippen molar-refractivity contribution in [3.05, 3.63) is 69.7 Å². The Hall–Kier alpha value is -2.24. The van der Waals surface area contributed by atoms with Crippen LogP contribution in [0.4, 0.5) is 4.79 Å². The standard InChI is InChI=1S/C18H19Cl2N3O2/c19-13-7-5-12(6-8-13)9-10-22-17(24)11-16(23-18(21)25)14-3-1-2-4-15(14)20/h1-8,16H,9-11H2,(H,22,24)(H3,21,23,25)/t16-/m1/s1. The van der Waals surface area contributed by atoms with Gasteiger partial charge in [-0.2, -0.15) is 0 Å². The number of benzene rings is 2. The average molecular weight is 380 g/mol. The second-order valence-corrected chi connectivity index (χ2v) is 6.36. The third-order valence-electron chi connectivity index (χ3n) is 3.64. The van der Waals surface area contributed by atoms with Crippen LogP contribution in [0.15, 0.2) is 48.5 Å². The largest absolute Gasteiger partial charge is 0.356 e. The summed E-state index contributed by atoms with van der Waals surface area (Å²) in [5.74, 6) is -0.201. The molecule has 0 unspecified atom stereocenters. The normalized spacial score (nSPS) is 11.6. The summed E-state index contributed by atoms with van der Waals surface area (Å²) in [7, 11) is 0. The summed E-state index contributed by atoms with van der Waals surface area (Å²) in [5, 5.41) is 6.53. The first-order chi connectivity index (χ1) is 12.0. The molecule has 0 radical (unpaired) electrons. The maximum absolute atomic E-state index is 12.2. The monoisotopic (exact) mass is 379 g/mol. The van der Waals surface area contributed by atoms with Crippen LogP contribution in [0, 0.1) is 0 Å². The highest BCUT2D eigenvalue weighted by molar-refractivity contribution is 6.31. The lowest BCUT2D eigenvalue weighted by molar-refractivity contribution is -0.121. The smallest absolute Gasteiger partial charge is 0.312 e. The Balaban J connectivity index is 1.91. The van der Waals surface area contributed by atoms with E-state index in [1.165, 1.54) is 0 Å². The van der Waals surface area contributed by atoms with Crippen LogP contribution in [0.2, 0.25) is 10.0 Å². The first-order valence-electron chi connectivity index (χ1n) is 7.77. The van der Waals surface area contributed by atoms with Crippen LogP contribution in [0.25, 0.3) is 0 Å². The third-order valence-corrected chi connectivity index (χ3v) is 4.23. The summed E-state index contributed by atoms with van der Waals surface area (Å²) in [6, 6.07) is 13.2. The molecule has 0 aliphatic heterocycles. The van der Waals surface area contributed by atoms with E-state index in [0.717, 1.165) is 5.56 Å². The average Bonchev–Trinajstić information content (AvgIpc) is 2.56. The molecule has 2 aromatic carbocycles. The molecule has 25 heavy (non-hydrogen) atoms. The number of nitrogens with two attached hydrogens (primary N) is 1. The van der Waals surface area contributed by atoms with Crippen LogP contribution in [-0.2, 0) is 11.2 Å². The SMILES string of the molecule is NC(=O)N[C@H](CC(=O)NCCc1ccc(Cl)cc1)c1ccccc1Cl. The summed E-state index contributed by atoms with van der Waals surface area (Å²) >= 11 is 12.0. The van der Waals surface area contributed by atoms with Crippen LogP contribution in [0.3, 0.4) is 0 Å². The molecule has 7 heteroatoms. The summed E-state index contributed by atoms with van der Waals surface area (Å²) < 4.78 is 0. The van der Waals surface area contributed by atoms with Gasteiger partial charge in [0.1, 0.15) is 0 Å². The number of hydrogen-bond acceptors (Lipinski definition) is 2. The number of rotatable bonds is 7. The zero-order valence-corrected chi connectivity index (χ0v) is 15.0. The molecule has 2 rings (SSSR count). The molecule has 0 heterocycles. The highest BCUT2D eigenvalue weighted by atomic mass is 35.5. The van der Waals surface area contributed by atoms with Crippen molar-refractivity contribution in [3.8, 4) is 0 Å². The topological polar surface area (TPSA) is 84.2 Å². The van der Waals surface area contributed by atoms with Crippen molar-refractivity contribution in [1.29, 1.82) is 0 Å². The number of halogens is 2. The van der Waals surface area contributed by atoms with Gasteiger partial charge in [0.25, 0.3) is 0 Å². The van der Waals surface area contributed by atoms with Gasteiger partial charge < -0.3 is 16.4 Å². The molecule has 0 aliphatic carbocycles. The molecule has 0 bridgehead atoms. The predicted octanol–water partition coefficient (Wildman–Crippen LogP) is 3.45. The molecule has 1 atom stereocenters. The lowest BCUT2D eigenvalue weighted by atomic mass is 10.0. The number of carbonyl (C=O) groups is 2. The fraction of sp³-hybridized carbons (Fsp3) is 0.222. The Labute approximate surface area is 156 Å². The Morgan fingerprint density at radius 3 is 2.36 bits per heavy atom. The Bertz CT molecular complexity index is 735. The van der Waals surface area contributed by atoms with E-state index in [9.17, 15) is 9.59 Å². The second kappa shape index (κ2) is 9.30. The van der Waals surface area contributed by atoms with E-state index in [4.69, 9.17) is 28.9 Å². The van der Waals surface area contributed by atoms with E-state index < -0.39 is 12.1 Å². The molecule has 0 saturated heterocycles. The minimum atomic E-state index is -0.709. The summed E-state index contributed by atoms with van der Waals surface area (Å²) in [6.45, 7) is 0.478. The van der Waals surface area contributed by atoms with Gasteiger partial charge in [-0.05, 0) is 35.7 Å². The van der Waals surface area contributed by atoms with Gasteiger partial charge >= 0.3 is 6.03 Å². The predicted molar refractivity (Wildman–Crippen MR) is 99.7 cm³/mol. The summed E-state index contributed by atoms with van der Waals surface area (Å²) in [4.78, 5) is 23.4. The number of primary amides is 1. The quantitative estimate of drug-likeness (QED) is 0.687. The van der Waals surface area contributed by atoms with Crippen molar-refractivity contribution < 1.29 is 9.59 Å². The molecule has 0 aromatic heterocycles. The number of amides is 3. The minimum absolute atomic E-state index is 0.0489. The summed E-state index contributed by atoms with van der Waals surface area (Å²) in [6.07, 6.45) is 0.732. The van der Waals surface area contributed by atoms with Crippen molar-refractivity contribution in [2.24, 2.45) is 5.73 Å². The molecule has 3 amide bonds. The first-order valence-corrected chi connectivity index (χ1v) is 8.53. The van der Waals surface area contributed by atoms with Crippen LogP contribution < -0.4 is 16.4 Å². The molecule has 0 saturated carbocycles. The molecule has 2 aromatic rings. The minimum Gasteiger partial charge on any atom is -0.356 e. The zero-order chi connectivity index (χ0) is 18.2. The van der Waals surface area contributed by atoms with Crippen LogP contribution >= 0.6 is 23.2 Å². The van der Waals surface area contributed by atoms with Gasteiger partial charge in [0.2, 0.25) is 5.91 Å². The van der Waals surface area contributed by atoms with Gasteiger partial charge in [-0.1, -0.05) is 53.5 Å². The molecule has 5 nitrogen and oxygen atoms in total. The Morgan fingerprint density at radius 1 is 1.04 bits per heavy atom. The maximum atomic E-state index is 12.2. The molecule has 4 N–H and O–H groups in total. The van der Waals surface area contributed by atoms with Crippen LogP contribution in [-0.4, -0.2) is 18.5 Å². The highest BCUT2D eigenvalue weighted by Gasteiger charge is 2.19. The fourth-order valence-electron chi connectivity index (χ4n) is 2.42. The molecular formula is C18H19Cl2N3O2. The van der Waals surface area contributed by atoms with Crippen molar-refractivity contribution in [2.75, 3.05) is 6.54 Å². The van der Waals surface area contributed by atoms with Crippen molar-refractivity contribution in [3.63, 3.8) is 0 Å². The van der Waals surface area contributed by atoms with Gasteiger partial charge in [0, 0.05) is 16.6 Å². The maximum Gasteiger partial charge on any atom is 0.312 e. The third kappa shape index (κ3) is 6.29. The Kier molecular flexibility index (Phi) is 7.10. The van der Waals surface area contributed by atoms with E-state index in [2.05, 4.69) is 10.6 Å². The van der Waals surface area contributed by atoms with E-state index in [-0.39, 0.29) is 12.3 Å². The molecule has 0 spiro atoms. The molecule has 132 valence electrons. The number of hydrogen-bond donors (Lipinski definition) is 3. The van der Waals surface area contributed by atoms with Crippen LogP contribution in [0.1, 0.15) is 23.6 Å². The van der Waals surface area contributed by atoms with E-state index in [0.29, 0.717) is 28.6 Å². The van der Waals surface area contributed by atoms with Gasteiger partial charge in [-0.3, -0.25) is 4.79 Å².